The lowest BCUT2D eigenvalue weighted by Gasteiger charge is -2.20. The summed E-state index contributed by atoms with van der Waals surface area (Å²) < 4.78 is 26.9. The summed E-state index contributed by atoms with van der Waals surface area (Å²) in [5.41, 5.74) is 1.82. The Bertz CT molecular complexity index is 888. The SMILES string of the molecule is C[C@@H](N[C@H](C)c1ccc(F)cc1F)C(=O)c1c[nH]c2ccccc12. The van der Waals surface area contributed by atoms with Gasteiger partial charge in [-0.3, -0.25) is 4.79 Å². The third-order valence-electron chi connectivity index (χ3n) is 4.18. The molecule has 0 radical (unpaired) electrons. The summed E-state index contributed by atoms with van der Waals surface area (Å²) in [6.07, 6.45) is 1.69. The Morgan fingerprint density at radius 1 is 1.12 bits per heavy atom. The summed E-state index contributed by atoms with van der Waals surface area (Å²) in [6.45, 7) is 3.48. The van der Waals surface area contributed by atoms with Gasteiger partial charge < -0.3 is 10.3 Å². The number of H-pyrrole nitrogens is 1. The molecule has 0 saturated heterocycles. The maximum Gasteiger partial charge on any atom is 0.181 e. The summed E-state index contributed by atoms with van der Waals surface area (Å²) in [5, 5.41) is 3.94. The number of nitrogens with one attached hydrogen (secondary N) is 2. The molecule has 0 amide bonds. The van der Waals surface area contributed by atoms with Gasteiger partial charge in [0.1, 0.15) is 11.6 Å². The normalized spacial score (nSPS) is 13.8. The maximum atomic E-state index is 13.9. The van der Waals surface area contributed by atoms with Crippen LogP contribution in [-0.2, 0) is 0 Å². The van der Waals surface area contributed by atoms with Gasteiger partial charge in [-0.2, -0.15) is 0 Å². The highest BCUT2D eigenvalue weighted by Crippen LogP contribution is 2.22. The zero-order chi connectivity index (χ0) is 17.3. The lowest BCUT2D eigenvalue weighted by molar-refractivity contribution is 0.0947. The molecule has 0 spiro atoms. The number of benzene rings is 2. The van der Waals surface area contributed by atoms with Crippen molar-refractivity contribution in [2.45, 2.75) is 25.9 Å². The molecular formula is C19H18F2N2O. The van der Waals surface area contributed by atoms with Gasteiger partial charge in [0.25, 0.3) is 0 Å². The highest BCUT2D eigenvalue weighted by Gasteiger charge is 2.21. The van der Waals surface area contributed by atoms with E-state index in [1.165, 1.54) is 12.1 Å². The maximum absolute atomic E-state index is 13.9. The second kappa shape index (κ2) is 6.53. The van der Waals surface area contributed by atoms with E-state index in [2.05, 4.69) is 10.3 Å². The Hall–Kier alpha value is -2.53. The van der Waals surface area contributed by atoms with Gasteiger partial charge in [-0.1, -0.05) is 24.3 Å². The van der Waals surface area contributed by atoms with Crippen LogP contribution in [0.5, 0.6) is 0 Å². The second-order valence-corrected chi connectivity index (χ2v) is 5.89. The number of aromatic amines is 1. The number of hydrogen-bond acceptors (Lipinski definition) is 2. The van der Waals surface area contributed by atoms with Crippen molar-refractivity contribution >= 4 is 16.7 Å². The molecule has 0 aliphatic carbocycles. The molecule has 0 unspecified atom stereocenters. The van der Waals surface area contributed by atoms with E-state index in [1.807, 2.05) is 24.3 Å². The van der Waals surface area contributed by atoms with Gasteiger partial charge in [0, 0.05) is 40.3 Å². The number of para-hydroxylation sites is 1. The molecule has 3 nitrogen and oxygen atoms in total. The molecule has 3 rings (SSSR count). The van der Waals surface area contributed by atoms with Gasteiger partial charge >= 0.3 is 0 Å². The predicted octanol–water partition coefficient (Wildman–Crippen LogP) is 4.37. The largest absolute Gasteiger partial charge is 0.360 e. The minimum Gasteiger partial charge on any atom is -0.360 e. The monoisotopic (exact) mass is 328 g/mol. The fourth-order valence-electron chi connectivity index (χ4n) is 2.90. The van der Waals surface area contributed by atoms with Crippen molar-refractivity contribution in [3.8, 4) is 0 Å². The standard InChI is InChI=1S/C19H18F2N2O/c1-11(14-8-7-13(20)9-17(14)21)23-12(2)19(24)16-10-22-18-6-4-3-5-15(16)18/h3-12,22-23H,1-2H3/t11-,12-/m1/s1. The molecule has 0 aliphatic rings. The van der Waals surface area contributed by atoms with Gasteiger partial charge in [0.05, 0.1) is 6.04 Å². The molecule has 0 saturated carbocycles. The van der Waals surface area contributed by atoms with Crippen molar-refractivity contribution in [2.75, 3.05) is 0 Å². The van der Waals surface area contributed by atoms with Crippen molar-refractivity contribution < 1.29 is 13.6 Å². The molecule has 0 fully saturated rings. The van der Waals surface area contributed by atoms with Crippen LogP contribution in [0.1, 0.15) is 35.8 Å². The zero-order valence-electron chi connectivity index (χ0n) is 13.4. The minimum absolute atomic E-state index is 0.0816. The van der Waals surface area contributed by atoms with Gasteiger partial charge in [0.15, 0.2) is 5.78 Å². The lowest BCUT2D eigenvalue weighted by Crippen LogP contribution is -2.36. The molecule has 2 aromatic carbocycles. The van der Waals surface area contributed by atoms with E-state index in [-0.39, 0.29) is 5.78 Å². The van der Waals surface area contributed by atoms with Crippen LogP contribution in [0.4, 0.5) is 8.78 Å². The van der Waals surface area contributed by atoms with E-state index in [9.17, 15) is 13.6 Å². The predicted molar refractivity (Wildman–Crippen MR) is 90.0 cm³/mol. The third kappa shape index (κ3) is 3.08. The number of Topliss-reactive ketones (excluding diaryl/α,β-unsaturated/α-hetero) is 1. The first-order valence-corrected chi connectivity index (χ1v) is 7.78. The molecule has 2 N–H and O–H groups in total. The van der Waals surface area contributed by atoms with Crippen LogP contribution in [-0.4, -0.2) is 16.8 Å². The molecule has 0 aliphatic heterocycles. The van der Waals surface area contributed by atoms with Crippen LogP contribution in [0.2, 0.25) is 0 Å². The fourth-order valence-corrected chi connectivity index (χ4v) is 2.90. The van der Waals surface area contributed by atoms with E-state index in [0.717, 1.165) is 17.0 Å². The number of fused-ring (bicyclic) bond motifs is 1. The van der Waals surface area contributed by atoms with E-state index in [0.29, 0.717) is 11.1 Å². The summed E-state index contributed by atoms with van der Waals surface area (Å²) >= 11 is 0. The number of carbonyl (C=O) groups excluding carboxylic acids is 1. The van der Waals surface area contributed by atoms with Crippen molar-refractivity contribution in [3.05, 3.63) is 71.4 Å². The fraction of sp³-hybridized carbons (Fsp3) is 0.211. The quantitative estimate of drug-likeness (QED) is 0.683. The third-order valence-corrected chi connectivity index (χ3v) is 4.18. The van der Waals surface area contributed by atoms with E-state index < -0.39 is 23.7 Å². The second-order valence-electron chi connectivity index (χ2n) is 5.89. The van der Waals surface area contributed by atoms with Crippen LogP contribution in [0.25, 0.3) is 10.9 Å². The molecule has 124 valence electrons. The lowest BCUT2D eigenvalue weighted by atomic mass is 10.0. The summed E-state index contributed by atoms with van der Waals surface area (Å²) in [7, 11) is 0. The van der Waals surface area contributed by atoms with Crippen LogP contribution in [0.15, 0.2) is 48.7 Å². The molecular weight excluding hydrogens is 310 g/mol. The molecule has 24 heavy (non-hydrogen) atoms. The number of ketones is 1. The van der Waals surface area contributed by atoms with E-state index in [1.54, 1.807) is 20.0 Å². The molecule has 3 aromatic rings. The van der Waals surface area contributed by atoms with Gasteiger partial charge in [-0.15, -0.1) is 0 Å². The number of aromatic nitrogens is 1. The zero-order valence-corrected chi connectivity index (χ0v) is 13.4. The Morgan fingerprint density at radius 3 is 2.62 bits per heavy atom. The highest BCUT2D eigenvalue weighted by molar-refractivity contribution is 6.10. The summed E-state index contributed by atoms with van der Waals surface area (Å²) in [6, 6.07) is 10.1. The molecule has 5 heteroatoms. The minimum atomic E-state index is -0.623. The van der Waals surface area contributed by atoms with Gasteiger partial charge in [0.2, 0.25) is 0 Å². The smallest absolute Gasteiger partial charge is 0.181 e. The Balaban J connectivity index is 1.79. The summed E-state index contributed by atoms with van der Waals surface area (Å²) in [5.74, 6) is -1.32. The number of rotatable bonds is 5. The van der Waals surface area contributed by atoms with Crippen LogP contribution in [0, 0.1) is 11.6 Å². The van der Waals surface area contributed by atoms with Crippen molar-refractivity contribution in [3.63, 3.8) is 0 Å². The first-order valence-electron chi connectivity index (χ1n) is 7.78. The van der Waals surface area contributed by atoms with Crippen LogP contribution < -0.4 is 5.32 Å². The van der Waals surface area contributed by atoms with Gasteiger partial charge in [-0.25, -0.2) is 8.78 Å². The summed E-state index contributed by atoms with van der Waals surface area (Å²) in [4.78, 5) is 15.8. The highest BCUT2D eigenvalue weighted by atomic mass is 19.1. The number of carbonyl (C=O) groups is 1. The number of hydrogen-bond donors (Lipinski definition) is 2. The van der Waals surface area contributed by atoms with E-state index in [4.69, 9.17) is 0 Å². The van der Waals surface area contributed by atoms with Crippen molar-refractivity contribution in [1.82, 2.24) is 10.3 Å². The average Bonchev–Trinajstić information content (AvgIpc) is 2.97. The molecule has 0 bridgehead atoms. The number of halogens is 2. The molecule has 2 atom stereocenters. The van der Waals surface area contributed by atoms with E-state index >= 15 is 0 Å². The molecule has 1 heterocycles. The first kappa shape index (κ1) is 16.3. The van der Waals surface area contributed by atoms with Crippen molar-refractivity contribution in [2.24, 2.45) is 0 Å². The van der Waals surface area contributed by atoms with Gasteiger partial charge in [-0.05, 0) is 26.0 Å². The van der Waals surface area contributed by atoms with Crippen molar-refractivity contribution in [1.29, 1.82) is 0 Å². The Kier molecular flexibility index (Phi) is 4.44. The average molecular weight is 328 g/mol. The van der Waals surface area contributed by atoms with Crippen LogP contribution in [0.3, 0.4) is 0 Å². The Morgan fingerprint density at radius 2 is 1.88 bits per heavy atom. The Labute approximate surface area is 138 Å². The first-order chi connectivity index (χ1) is 11.5. The topological polar surface area (TPSA) is 44.9 Å². The van der Waals surface area contributed by atoms with Crippen LogP contribution >= 0.6 is 0 Å². The molecule has 1 aromatic heterocycles.